The molecule has 1 heterocycles. The quantitative estimate of drug-likeness (QED) is 0.917. The summed E-state index contributed by atoms with van der Waals surface area (Å²) in [4.78, 5) is 4.49. The summed E-state index contributed by atoms with van der Waals surface area (Å²) in [5.41, 5.74) is 1.11. The largest absolute Gasteiger partial charge is 0.365 e. The van der Waals surface area contributed by atoms with E-state index >= 15 is 0 Å². The Labute approximate surface area is 122 Å². The second-order valence-corrected chi connectivity index (χ2v) is 6.33. The van der Waals surface area contributed by atoms with Crippen LogP contribution in [0.25, 0.3) is 0 Å². The van der Waals surface area contributed by atoms with Gasteiger partial charge in [0.05, 0.1) is 0 Å². The summed E-state index contributed by atoms with van der Waals surface area (Å²) in [5.74, 6) is 1.83. The molecule has 0 spiro atoms. The molecule has 0 saturated carbocycles. The Balaban J connectivity index is 1.82. The lowest BCUT2D eigenvalue weighted by atomic mass is 10.1. The van der Waals surface area contributed by atoms with Gasteiger partial charge in [-0.2, -0.15) is 0 Å². The Kier molecular flexibility index (Phi) is 5.22. The van der Waals surface area contributed by atoms with Gasteiger partial charge in [0.2, 0.25) is 0 Å². The SMILES string of the molecule is CC1CN=C(NCCc2ccc(Cl)cc2Cl)SC1. The van der Waals surface area contributed by atoms with Crippen LogP contribution in [0.4, 0.5) is 0 Å². The summed E-state index contributed by atoms with van der Waals surface area (Å²) in [7, 11) is 0. The molecule has 0 fully saturated rings. The number of aliphatic imine (C=N–C) groups is 1. The van der Waals surface area contributed by atoms with Crippen molar-refractivity contribution in [2.24, 2.45) is 10.9 Å². The fourth-order valence-corrected chi connectivity index (χ4v) is 3.11. The molecular weight excluding hydrogens is 287 g/mol. The third kappa shape index (κ3) is 4.08. The maximum absolute atomic E-state index is 6.12. The first-order chi connectivity index (χ1) is 8.65. The maximum atomic E-state index is 6.12. The van der Waals surface area contributed by atoms with Gasteiger partial charge in [0.1, 0.15) is 0 Å². The fourth-order valence-electron chi connectivity index (χ4n) is 1.69. The minimum atomic E-state index is 0.679. The van der Waals surface area contributed by atoms with Gasteiger partial charge >= 0.3 is 0 Å². The van der Waals surface area contributed by atoms with Crippen molar-refractivity contribution in [2.45, 2.75) is 13.3 Å². The highest BCUT2D eigenvalue weighted by Gasteiger charge is 2.11. The normalized spacial score (nSPS) is 19.5. The third-order valence-electron chi connectivity index (χ3n) is 2.74. The van der Waals surface area contributed by atoms with Gasteiger partial charge in [-0.25, -0.2) is 0 Å². The molecular formula is C13H16Cl2N2S. The average molecular weight is 303 g/mol. The Morgan fingerprint density at radius 2 is 2.28 bits per heavy atom. The van der Waals surface area contributed by atoms with Crippen LogP contribution < -0.4 is 5.32 Å². The van der Waals surface area contributed by atoms with E-state index in [-0.39, 0.29) is 0 Å². The molecule has 0 saturated heterocycles. The predicted molar refractivity (Wildman–Crippen MR) is 82.1 cm³/mol. The second kappa shape index (κ2) is 6.69. The van der Waals surface area contributed by atoms with Crippen molar-refractivity contribution in [3.8, 4) is 0 Å². The Hall–Kier alpha value is -0.380. The first-order valence-corrected chi connectivity index (χ1v) is 7.74. The summed E-state index contributed by atoms with van der Waals surface area (Å²) >= 11 is 13.8. The number of nitrogens with one attached hydrogen (secondary N) is 1. The molecule has 18 heavy (non-hydrogen) atoms. The second-order valence-electron chi connectivity index (χ2n) is 4.47. The van der Waals surface area contributed by atoms with Gasteiger partial charge in [0.15, 0.2) is 5.17 Å². The molecule has 1 aliphatic heterocycles. The average Bonchev–Trinajstić information content (AvgIpc) is 2.34. The van der Waals surface area contributed by atoms with Crippen molar-refractivity contribution in [1.82, 2.24) is 5.32 Å². The van der Waals surface area contributed by atoms with E-state index in [2.05, 4.69) is 17.2 Å². The van der Waals surface area contributed by atoms with Gasteiger partial charge in [-0.05, 0) is 30.0 Å². The Morgan fingerprint density at radius 3 is 2.94 bits per heavy atom. The molecule has 0 amide bonds. The molecule has 1 unspecified atom stereocenters. The van der Waals surface area contributed by atoms with E-state index in [1.807, 2.05) is 12.1 Å². The number of halogens is 2. The van der Waals surface area contributed by atoms with Gasteiger partial charge < -0.3 is 5.32 Å². The third-order valence-corrected chi connectivity index (χ3v) is 4.61. The number of hydrogen-bond donors (Lipinski definition) is 1. The van der Waals surface area contributed by atoms with Crippen molar-refractivity contribution < 1.29 is 0 Å². The standard InChI is InChI=1S/C13H16Cl2N2S/c1-9-7-17-13(18-8-9)16-5-4-10-2-3-11(14)6-12(10)15/h2-3,6,9H,4-5,7-8H2,1H3,(H,16,17). The molecule has 0 aliphatic carbocycles. The van der Waals surface area contributed by atoms with Gasteiger partial charge in [0, 0.05) is 28.9 Å². The van der Waals surface area contributed by atoms with Crippen LogP contribution in [0.2, 0.25) is 10.0 Å². The van der Waals surface area contributed by atoms with Crippen LogP contribution in [0.5, 0.6) is 0 Å². The summed E-state index contributed by atoms with van der Waals surface area (Å²) in [6.07, 6.45) is 0.880. The van der Waals surface area contributed by atoms with Crippen LogP contribution in [0.1, 0.15) is 12.5 Å². The zero-order valence-corrected chi connectivity index (χ0v) is 12.6. The molecule has 2 nitrogen and oxygen atoms in total. The van der Waals surface area contributed by atoms with E-state index in [0.717, 1.165) is 41.0 Å². The van der Waals surface area contributed by atoms with E-state index in [0.29, 0.717) is 10.9 Å². The van der Waals surface area contributed by atoms with Crippen LogP contribution in [-0.4, -0.2) is 24.0 Å². The number of hydrogen-bond acceptors (Lipinski definition) is 3. The Morgan fingerprint density at radius 1 is 1.44 bits per heavy atom. The topological polar surface area (TPSA) is 24.4 Å². The first kappa shape index (κ1) is 14.0. The molecule has 0 aromatic heterocycles. The molecule has 1 aromatic carbocycles. The van der Waals surface area contributed by atoms with E-state index in [4.69, 9.17) is 23.2 Å². The number of benzene rings is 1. The Bertz CT molecular complexity index is 449. The number of thioether (sulfide) groups is 1. The summed E-state index contributed by atoms with van der Waals surface area (Å²) in [6.45, 7) is 4.00. The number of rotatable bonds is 3. The van der Waals surface area contributed by atoms with E-state index in [9.17, 15) is 0 Å². The molecule has 5 heteroatoms. The van der Waals surface area contributed by atoms with Gasteiger partial charge in [-0.1, -0.05) is 48.0 Å². The highest BCUT2D eigenvalue weighted by Crippen LogP contribution is 2.21. The minimum absolute atomic E-state index is 0.679. The monoisotopic (exact) mass is 302 g/mol. The van der Waals surface area contributed by atoms with E-state index in [1.165, 1.54) is 0 Å². The summed E-state index contributed by atoms with van der Waals surface area (Å²) in [6, 6.07) is 5.63. The maximum Gasteiger partial charge on any atom is 0.156 e. The fraction of sp³-hybridized carbons (Fsp3) is 0.462. The lowest BCUT2D eigenvalue weighted by Crippen LogP contribution is -2.27. The van der Waals surface area contributed by atoms with Crippen LogP contribution >= 0.6 is 35.0 Å². The molecule has 98 valence electrons. The minimum Gasteiger partial charge on any atom is -0.365 e. The molecule has 1 atom stereocenters. The zero-order valence-electron chi connectivity index (χ0n) is 10.2. The zero-order chi connectivity index (χ0) is 13.0. The van der Waals surface area contributed by atoms with Crippen LogP contribution in [-0.2, 0) is 6.42 Å². The van der Waals surface area contributed by atoms with E-state index in [1.54, 1.807) is 17.8 Å². The smallest absolute Gasteiger partial charge is 0.156 e. The van der Waals surface area contributed by atoms with Crippen molar-refractivity contribution in [1.29, 1.82) is 0 Å². The van der Waals surface area contributed by atoms with Gasteiger partial charge in [0.25, 0.3) is 0 Å². The number of amidine groups is 1. The molecule has 1 aliphatic rings. The van der Waals surface area contributed by atoms with Crippen molar-refractivity contribution in [3.63, 3.8) is 0 Å². The van der Waals surface area contributed by atoms with Crippen molar-refractivity contribution in [2.75, 3.05) is 18.8 Å². The molecule has 0 bridgehead atoms. The lowest BCUT2D eigenvalue weighted by Gasteiger charge is -2.17. The van der Waals surface area contributed by atoms with Crippen molar-refractivity contribution >= 4 is 40.1 Å². The van der Waals surface area contributed by atoms with Gasteiger partial charge in [-0.3, -0.25) is 4.99 Å². The first-order valence-electron chi connectivity index (χ1n) is 6.00. The molecule has 1 N–H and O–H groups in total. The summed E-state index contributed by atoms with van der Waals surface area (Å²) in [5, 5.41) is 5.82. The predicted octanol–water partition coefficient (Wildman–Crippen LogP) is 3.86. The highest BCUT2D eigenvalue weighted by atomic mass is 35.5. The van der Waals surface area contributed by atoms with Crippen LogP contribution in [0.3, 0.4) is 0 Å². The van der Waals surface area contributed by atoms with E-state index < -0.39 is 0 Å². The number of nitrogens with zero attached hydrogens (tertiary/aromatic N) is 1. The highest BCUT2D eigenvalue weighted by molar-refractivity contribution is 8.13. The van der Waals surface area contributed by atoms with Crippen LogP contribution in [0.15, 0.2) is 23.2 Å². The molecule has 1 aromatic rings. The molecule has 2 rings (SSSR count). The van der Waals surface area contributed by atoms with Crippen LogP contribution in [0, 0.1) is 5.92 Å². The lowest BCUT2D eigenvalue weighted by molar-refractivity contribution is 0.669. The van der Waals surface area contributed by atoms with Crippen molar-refractivity contribution in [3.05, 3.63) is 33.8 Å². The van der Waals surface area contributed by atoms with Gasteiger partial charge in [-0.15, -0.1) is 0 Å². The summed E-state index contributed by atoms with van der Waals surface area (Å²) < 4.78 is 0. The molecule has 0 radical (unpaired) electrons.